The average Bonchev–Trinajstić information content (AvgIpc) is 2.78. The Balaban J connectivity index is 2.33. The number of nitrogens with one attached hydrogen (secondary N) is 1. The van der Waals surface area contributed by atoms with E-state index in [4.69, 9.17) is 0 Å². The zero-order valence-electron chi connectivity index (χ0n) is 19.3. The molecule has 0 saturated heterocycles. The summed E-state index contributed by atoms with van der Waals surface area (Å²) < 4.78 is 26.9. The Morgan fingerprint density at radius 3 is 2.33 bits per heavy atom. The lowest BCUT2D eigenvalue weighted by Crippen LogP contribution is -2.53. The zero-order valence-corrected chi connectivity index (χ0v) is 21.7. The van der Waals surface area contributed by atoms with Crippen LogP contribution < -0.4 is 9.62 Å². The quantitative estimate of drug-likeness (QED) is 0.448. The monoisotopic (exact) mass is 537 g/mol. The van der Waals surface area contributed by atoms with Gasteiger partial charge in [-0.1, -0.05) is 66.2 Å². The molecule has 0 bridgehead atoms. The second kappa shape index (κ2) is 12.7. The van der Waals surface area contributed by atoms with E-state index >= 15 is 0 Å². The highest BCUT2D eigenvalue weighted by Gasteiger charge is 2.31. The van der Waals surface area contributed by atoms with Crippen LogP contribution in [-0.4, -0.2) is 57.1 Å². The third-order valence-electron chi connectivity index (χ3n) is 5.19. The van der Waals surface area contributed by atoms with Crippen molar-refractivity contribution in [2.45, 2.75) is 39.2 Å². The molecule has 0 aliphatic heterocycles. The first-order valence-electron chi connectivity index (χ1n) is 11.0. The number of benzene rings is 2. The van der Waals surface area contributed by atoms with Gasteiger partial charge in [0.15, 0.2) is 0 Å². The molecule has 0 aliphatic rings. The van der Waals surface area contributed by atoms with Crippen molar-refractivity contribution in [3.63, 3.8) is 0 Å². The van der Waals surface area contributed by atoms with Crippen LogP contribution in [0, 0.1) is 0 Å². The Hall–Kier alpha value is -2.39. The van der Waals surface area contributed by atoms with Crippen molar-refractivity contribution in [3.8, 4) is 0 Å². The van der Waals surface area contributed by atoms with Crippen LogP contribution in [0.4, 0.5) is 5.69 Å². The van der Waals surface area contributed by atoms with Crippen LogP contribution in [0.1, 0.15) is 32.3 Å². The van der Waals surface area contributed by atoms with Gasteiger partial charge in [-0.2, -0.15) is 0 Å². The molecular formula is C24H32BrN3O4S. The maximum absolute atomic E-state index is 13.5. The van der Waals surface area contributed by atoms with E-state index < -0.39 is 22.0 Å². The number of hydrogen-bond donors (Lipinski definition) is 1. The topological polar surface area (TPSA) is 86.8 Å². The molecule has 180 valence electrons. The molecule has 7 nitrogen and oxygen atoms in total. The van der Waals surface area contributed by atoms with Crippen LogP contribution in [0.3, 0.4) is 0 Å². The summed E-state index contributed by atoms with van der Waals surface area (Å²) in [4.78, 5) is 27.8. The highest BCUT2D eigenvalue weighted by molar-refractivity contribution is 9.10. The van der Waals surface area contributed by atoms with Crippen LogP contribution in [0.15, 0.2) is 59.1 Å². The summed E-state index contributed by atoms with van der Waals surface area (Å²) in [6.07, 6.45) is 2.83. The molecule has 2 aromatic rings. The molecule has 1 N–H and O–H groups in total. The SMILES string of the molecule is CCCNC(=O)[C@@H](CC)N(CCc1ccccc1)C(=O)CN(c1cccc(Br)c1)S(C)(=O)=O. The number of halogens is 1. The number of rotatable bonds is 12. The molecular weight excluding hydrogens is 506 g/mol. The van der Waals surface area contributed by atoms with Gasteiger partial charge in [0.2, 0.25) is 21.8 Å². The van der Waals surface area contributed by atoms with E-state index in [2.05, 4.69) is 21.2 Å². The van der Waals surface area contributed by atoms with Gasteiger partial charge in [-0.05, 0) is 43.0 Å². The van der Waals surface area contributed by atoms with Gasteiger partial charge in [0, 0.05) is 17.6 Å². The Morgan fingerprint density at radius 2 is 1.76 bits per heavy atom. The Kier molecular flexibility index (Phi) is 10.4. The van der Waals surface area contributed by atoms with Crippen LogP contribution in [-0.2, 0) is 26.0 Å². The molecule has 0 spiro atoms. The Bertz CT molecular complexity index is 1030. The van der Waals surface area contributed by atoms with Crippen molar-refractivity contribution in [1.29, 1.82) is 0 Å². The third-order valence-corrected chi connectivity index (χ3v) is 6.83. The number of sulfonamides is 1. The van der Waals surface area contributed by atoms with E-state index in [0.717, 1.165) is 22.5 Å². The van der Waals surface area contributed by atoms with Gasteiger partial charge in [0.25, 0.3) is 0 Å². The number of hydrogen-bond acceptors (Lipinski definition) is 4. The molecule has 1 atom stereocenters. The number of amides is 2. The minimum atomic E-state index is -3.73. The van der Waals surface area contributed by atoms with E-state index in [0.29, 0.717) is 36.1 Å². The van der Waals surface area contributed by atoms with Crippen molar-refractivity contribution in [3.05, 3.63) is 64.6 Å². The van der Waals surface area contributed by atoms with Crippen molar-refractivity contribution >= 4 is 43.5 Å². The van der Waals surface area contributed by atoms with E-state index in [1.165, 1.54) is 4.90 Å². The maximum Gasteiger partial charge on any atom is 0.244 e. The highest BCUT2D eigenvalue weighted by atomic mass is 79.9. The van der Waals surface area contributed by atoms with Crippen LogP contribution in [0.5, 0.6) is 0 Å². The average molecular weight is 539 g/mol. The second-order valence-electron chi connectivity index (χ2n) is 7.79. The largest absolute Gasteiger partial charge is 0.354 e. The highest BCUT2D eigenvalue weighted by Crippen LogP contribution is 2.22. The molecule has 0 heterocycles. The van der Waals surface area contributed by atoms with E-state index in [1.54, 1.807) is 24.3 Å². The molecule has 0 saturated carbocycles. The Labute approximate surface area is 205 Å². The summed E-state index contributed by atoms with van der Waals surface area (Å²) >= 11 is 3.35. The molecule has 9 heteroatoms. The number of nitrogens with zero attached hydrogens (tertiary/aromatic N) is 2. The van der Waals surface area contributed by atoms with Gasteiger partial charge in [-0.3, -0.25) is 13.9 Å². The fourth-order valence-electron chi connectivity index (χ4n) is 3.51. The predicted molar refractivity (Wildman–Crippen MR) is 136 cm³/mol. The molecule has 0 aliphatic carbocycles. The van der Waals surface area contributed by atoms with E-state index in [-0.39, 0.29) is 12.5 Å². The first-order chi connectivity index (χ1) is 15.7. The van der Waals surface area contributed by atoms with Gasteiger partial charge in [-0.15, -0.1) is 0 Å². The molecule has 2 rings (SSSR count). The lowest BCUT2D eigenvalue weighted by atomic mass is 10.1. The number of anilines is 1. The van der Waals surface area contributed by atoms with Gasteiger partial charge in [0.05, 0.1) is 11.9 Å². The minimum absolute atomic E-state index is 0.228. The summed E-state index contributed by atoms with van der Waals surface area (Å²) in [6.45, 7) is 4.24. The fourth-order valence-corrected chi connectivity index (χ4v) is 4.74. The van der Waals surface area contributed by atoms with Gasteiger partial charge < -0.3 is 10.2 Å². The molecule has 2 aromatic carbocycles. The third kappa shape index (κ3) is 8.16. The van der Waals surface area contributed by atoms with Crippen molar-refractivity contribution in [2.24, 2.45) is 0 Å². The summed E-state index contributed by atoms with van der Waals surface area (Å²) in [7, 11) is -3.73. The lowest BCUT2D eigenvalue weighted by molar-refractivity contribution is -0.139. The maximum atomic E-state index is 13.5. The van der Waals surface area contributed by atoms with Gasteiger partial charge >= 0.3 is 0 Å². The van der Waals surface area contributed by atoms with Crippen molar-refractivity contribution in [2.75, 3.05) is 30.2 Å². The first-order valence-corrected chi connectivity index (χ1v) is 13.7. The Morgan fingerprint density at radius 1 is 1.06 bits per heavy atom. The summed E-state index contributed by atoms with van der Waals surface area (Å²) in [5.74, 6) is -0.649. The summed E-state index contributed by atoms with van der Waals surface area (Å²) in [6, 6.07) is 15.8. The smallest absolute Gasteiger partial charge is 0.244 e. The van der Waals surface area contributed by atoms with Crippen molar-refractivity contribution in [1.82, 2.24) is 10.2 Å². The van der Waals surface area contributed by atoms with E-state index in [9.17, 15) is 18.0 Å². The molecule has 0 aromatic heterocycles. The predicted octanol–water partition coefficient (Wildman–Crippen LogP) is 3.59. The van der Waals surface area contributed by atoms with E-state index in [1.807, 2.05) is 44.2 Å². The molecule has 0 fully saturated rings. The molecule has 0 unspecified atom stereocenters. The van der Waals surface area contributed by atoms with Crippen molar-refractivity contribution < 1.29 is 18.0 Å². The molecule has 0 radical (unpaired) electrons. The fraction of sp³-hybridized carbons (Fsp3) is 0.417. The molecule has 2 amide bonds. The van der Waals surface area contributed by atoms with Crippen LogP contribution in [0.25, 0.3) is 0 Å². The number of carbonyl (C=O) groups is 2. The first kappa shape index (κ1) is 26.9. The second-order valence-corrected chi connectivity index (χ2v) is 10.6. The van der Waals surface area contributed by atoms with Gasteiger partial charge in [-0.25, -0.2) is 8.42 Å². The molecule has 33 heavy (non-hydrogen) atoms. The summed E-state index contributed by atoms with van der Waals surface area (Å²) in [5.41, 5.74) is 1.41. The lowest BCUT2D eigenvalue weighted by Gasteiger charge is -2.32. The normalized spacial score (nSPS) is 12.1. The minimum Gasteiger partial charge on any atom is -0.354 e. The van der Waals surface area contributed by atoms with Gasteiger partial charge in [0.1, 0.15) is 12.6 Å². The van der Waals surface area contributed by atoms with Crippen LogP contribution in [0.2, 0.25) is 0 Å². The standard InChI is InChI=1S/C24H32BrN3O4S/c1-4-15-26-24(30)22(5-2)27(16-14-19-10-7-6-8-11-19)23(29)18-28(33(3,31)32)21-13-9-12-20(25)17-21/h6-13,17,22H,4-5,14-16,18H2,1-3H3,(H,26,30)/t22-/m1/s1. The van der Waals surface area contributed by atoms with Crippen LogP contribution >= 0.6 is 15.9 Å². The summed E-state index contributed by atoms with van der Waals surface area (Å²) in [5, 5.41) is 2.87. The zero-order chi connectivity index (χ0) is 24.4. The number of carbonyl (C=O) groups excluding carboxylic acids is 2.